The molecule has 0 unspecified atom stereocenters. The molecule has 0 saturated carbocycles. The van der Waals surface area contributed by atoms with Crippen molar-refractivity contribution in [1.29, 1.82) is 0 Å². The van der Waals surface area contributed by atoms with Crippen molar-refractivity contribution in [2.45, 2.75) is 71.3 Å². The lowest BCUT2D eigenvalue weighted by Crippen LogP contribution is -2.41. The van der Waals surface area contributed by atoms with Crippen LogP contribution in [0.4, 0.5) is 9.18 Å². The van der Waals surface area contributed by atoms with E-state index in [1.54, 1.807) is 17.0 Å². The van der Waals surface area contributed by atoms with E-state index in [0.29, 0.717) is 29.1 Å². The summed E-state index contributed by atoms with van der Waals surface area (Å²) < 4.78 is 21.5. The molecule has 0 radical (unpaired) electrons. The van der Waals surface area contributed by atoms with E-state index in [9.17, 15) is 9.18 Å². The molecule has 1 aliphatic rings. The molecule has 8 heteroatoms. The van der Waals surface area contributed by atoms with Crippen LogP contribution in [-0.2, 0) is 16.6 Å². The molecule has 1 amide bonds. The number of aryl methyl sites for hydroxylation is 1. The summed E-state index contributed by atoms with van der Waals surface area (Å²) >= 11 is 12.5. The molecular weight excluding hydrogens is 524 g/mol. The lowest BCUT2D eigenvalue weighted by molar-refractivity contribution is 0.0181. The van der Waals surface area contributed by atoms with E-state index < -0.39 is 11.0 Å². The van der Waals surface area contributed by atoms with Gasteiger partial charge in [-0.2, -0.15) is 0 Å². The van der Waals surface area contributed by atoms with Crippen LogP contribution in [0.25, 0.3) is 5.69 Å². The Morgan fingerprint density at radius 1 is 1.03 bits per heavy atom. The van der Waals surface area contributed by atoms with Crippen molar-refractivity contribution < 1.29 is 13.9 Å². The molecule has 0 spiro atoms. The monoisotopic (exact) mass is 559 g/mol. The van der Waals surface area contributed by atoms with Gasteiger partial charge in [0.05, 0.1) is 15.7 Å². The SMILES string of the molecule is CC(C)(C)OC(=O)N1CCC(CCc2ncc(C(C)(C)c3ccc(Cl)c(Cl)c3)n2-c2ccc(F)cc2)CC1. The first-order chi connectivity index (χ1) is 17.8. The molecule has 2 heterocycles. The Morgan fingerprint density at radius 2 is 1.68 bits per heavy atom. The number of rotatable bonds is 6. The fourth-order valence-electron chi connectivity index (χ4n) is 4.98. The van der Waals surface area contributed by atoms with Crippen LogP contribution in [0.3, 0.4) is 0 Å². The first-order valence-corrected chi connectivity index (χ1v) is 13.9. The minimum Gasteiger partial charge on any atom is -0.444 e. The Hall–Kier alpha value is -2.57. The van der Waals surface area contributed by atoms with Gasteiger partial charge in [0.25, 0.3) is 0 Å². The van der Waals surface area contributed by atoms with E-state index in [0.717, 1.165) is 48.5 Å². The van der Waals surface area contributed by atoms with Crippen LogP contribution in [0.2, 0.25) is 10.0 Å². The Balaban J connectivity index is 1.54. The molecule has 5 nitrogen and oxygen atoms in total. The number of amides is 1. The molecule has 0 bridgehead atoms. The smallest absolute Gasteiger partial charge is 0.410 e. The maximum absolute atomic E-state index is 13.8. The molecule has 1 aliphatic heterocycles. The van der Waals surface area contributed by atoms with Crippen LogP contribution in [0.5, 0.6) is 0 Å². The maximum atomic E-state index is 13.8. The van der Waals surface area contributed by atoms with Crippen molar-refractivity contribution in [2.24, 2.45) is 5.92 Å². The molecule has 4 rings (SSSR count). The van der Waals surface area contributed by atoms with Crippen molar-refractivity contribution in [1.82, 2.24) is 14.5 Å². The van der Waals surface area contributed by atoms with Gasteiger partial charge in [-0.1, -0.05) is 43.1 Å². The van der Waals surface area contributed by atoms with Gasteiger partial charge in [-0.15, -0.1) is 0 Å². The maximum Gasteiger partial charge on any atom is 0.410 e. The molecule has 3 aromatic rings. The quantitative estimate of drug-likeness (QED) is 0.305. The van der Waals surface area contributed by atoms with Crippen LogP contribution >= 0.6 is 23.2 Å². The Labute approximate surface area is 234 Å². The number of benzene rings is 2. The number of likely N-dealkylation sites (tertiary alicyclic amines) is 1. The fourth-order valence-corrected chi connectivity index (χ4v) is 5.28. The van der Waals surface area contributed by atoms with Crippen LogP contribution in [0, 0.1) is 11.7 Å². The molecule has 2 aromatic carbocycles. The number of carbonyl (C=O) groups excluding carboxylic acids is 1. The second kappa shape index (κ2) is 11.3. The van der Waals surface area contributed by atoms with Crippen LogP contribution in [0.1, 0.15) is 71.0 Å². The van der Waals surface area contributed by atoms with Crippen LogP contribution in [0.15, 0.2) is 48.7 Å². The normalized spacial score (nSPS) is 15.1. The summed E-state index contributed by atoms with van der Waals surface area (Å²) in [5.74, 6) is 1.13. The number of nitrogens with zero attached hydrogens (tertiary/aromatic N) is 3. The van der Waals surface area contributed by atoms with Gasteiger partial charge >= 0.3 is 6.09 Å². The van der Waals surface area contributed by atoms with Gasteiger partial charge in [-0.05, 0) is 87.9 Å². The summed E-state index contributed by atoms with van der Waals surface area (Å²) in [4.78, 5) is 19.1. The van der Waals surface area contributed by atoms with Gasteiger partial charge in [-0.3, -0.25) is 4.57 Å². The molecule has 0 atom stereocenters. The van der Waals surface area contributed by atoms with Crippen LogP contribution < -0.4 is 0 Å². The summed E-state index contributed by atoms with van der Waals surface area (Å²) in [5.41, 5.74) is 1.93. The van der Waals surface area contributed by atoms with E-state index in [1.165, 1.54) is 12.1 Å². The number of aromatic nitrogens is 2. The second-order valence-corrected chi connectivity index (χ2v) is 12.4. The second-order valence-electron chi connectivity index (χ2n) is 11.6. The summed E-state index contributed by atoms with van der Waals surface area (Å²) in [5, 5.41) is 1.01. The molecule has 0 N–H and O–H groups in total. The molecule has 0 aliphatic carbocycles. The number of halogens is 3. The van der Waals surface area contributed by atoms with Crippen molar-refractivity contribution in [2.75, 3.05) is 13.1 Å². The van der Waals surface area contributed by atoms with Gasteiger partial charge in [0, 0.05) is 36.8 Å². The Morgan fingerprint density at radius 3 is 2.29 bits per heavy atom. The molecule has 204 valence electrons. The lowest BCUT2D eigenvalue weighted by Gasteiger charge is -2.33. The Bertz CT molecular complexity index is 1270. The lowest BCUT2D eigenvalue weighted by atomic mass is 9.81. The number of imidazole rings is 1. The highest BCUT2D eigenvalue weighted by Crippen LogP contribution is 2.37. The number of ether oxygens (including phenoxy) is 1. The fraction of sp³-hybridized carbons (Fsp3) is 0.467. The largest absolute Gasteiger partial charge is 0.444 e. The summed E-state index contributed by atoms with van der Waals surface area (Å²) in [7, 11) is 0. The van der Waals surface area contributed by atoms with E-state index in [4.69, 9.17) is 32.9 Å². The number of carbonyl (C=O) groups is 1. The summed E-state index contributed by atoms with van der Waals surface area (Å²) in [6.07, 6.45) is 5.25. The van der Waals surface area contributed by atoms with Crippen molar-refractivity contribution >= 4 is 29.3 Å². The van der Waals surface area contributed by atoms with Crippen molar-refractivity contribution in [3.63, 3.8) is 0 Å². The zero-order valence-corrected chi connectivity index (χ0v) is 24.2. The van der Waals surface area contributed by atoms with Gasteiger partial charge in [0.15, 0.2) is 0 Å². The standard InChI is InChI=1S/C30H36Cl2FN3O2/c1-29(2,3)38-28(37)35-16-14-20(15-17-35)6-13-27-34-19-26(36(27)23-10-8-22(33)9-11-23)30(4,5)21-7-12-24(31)25(32)18-21/h7-12,18-20H,6,13-17H2,1-5H3. The zero-order chi connectivity index (χ0) is 27.7. The first kappa shape index (κ1) is 28.4. The van der Waals surface area contributed by atoms with E-state index in [2.05, 4.69) is 18.4 Å². The predicted molar refractivity (Wildman–Crippen MR) is 151 cm³/mol. The minimum absolute atomic E-state index is 0.239. The molecular formula is C30H36Cl2FN3O2. The summed E-state index contributed by atoms with van der Waals surface area (Å²) in [6.45, 7) is 11.3. The molecule has 1 aromatic heterocycles. The first-order valence-electron chi connectivity index (χ1n) is 13.1. The van der Waals surface area contributed by atoms with Crippen LogP contribution in [-0.4, -0.2) is 39.2 Å². The highest BCUT2D eigenvalue weighted by atomic mass is 35.5. The van der Waals surface area contributed by atoms with Gasteiger partial charge in [0.2, 0.25) is 0 Å². The third kappa shape index (κ3) is 6.52. The highest BCUT2D eigenvalue weighted by molar-refractivity contribution is 6.42. The average molecular weight is 561 g/mol. The molecule has 38 heavy (non-hydrogen) atoms. The minimum atomic E-state index is -0.492. The van der Waals surface area contributed by atoms with E-state index >= 15 is 0 Å². The van der Waals surface area contributed by atoms with Gasteiger partial charge in [-0.25, -0.2) is 14.2 Å². The Kier molecular flexibility index (Phi) is 8.43. The summed E-state index contributed by atoms with van der Waals surface area (Å²) in [6, 6.07) is 12.2. The number of piperidine rings is 1. The number of hydrogen-bond acceptors (Lipinski definition) is 3. The predicted octanol–water partition coefficient (Wildman–Crippen LogP) is 8.22. The van der Waals surface area contributed by atoms with Crippen molar-refractivity contribution in [3.8, 4) is 5.69 Å². The van der Waals surface area contributed by atoms with E-state index in [-0.39, 0.29) is 11.9 Å². The number of hydrogen-bond donors (Lipinski definition) is 0. The van der Waals surface area contributed by atoms with Gasteiger partial charge in [0.1, 0.15) is 17.2 Å². The highest BCUT2D eigenvalue weighted by Gasteiger charge is 2.31. The average Bonchev–Trinajstić information content (AvgIpc) is 3.29. The van der Waals surface area contributed by atoms with Crippen molar-refractivity contribution in [3.05, 3.63) is 81.6 Å². The third-order valence-electron chi connectivity index (χ3n) is 7.24. The zero-order valence-electron chi connectivity index (χ0n) is 22.7. The molecule has 1 fully saturated rings. The van der Waals surface area contributed by atoms with Gasteiger partial charge < -0.3 is 9.64 Å². The topological polar surface area (TPSA) is 47.4 Å². The van der Waals surface area contributed by atoms with E-state index in [1.807, 2.05) is 45.2 Å². The third-order valence-corrected chi connectivity index (χ3v) is 7.98. The molecule has 1 saturated heterocycles.